The van der Waals surface area contributed by atoms with Crippen LogP contribution in [0.1, 0.15) is 0 Å². The summed E-state index contributed by atoms with van der Waals surface area (Å²) in [4.78, 5) is 0. The minimum Gasteiger partial charge on any atom is -0.307 e. The number of rotatable bonds is 3. The van der Waals surface area contributed by atoms with Crippen LogP contribution in [0, 0.1) is 0 Å². The number of hydrogen-bond acceptors (Lipinski definition) is 0. The average molecular weight is 696 g/mol. The van der Waals surface area contributed by atoms with Gasteiger partial charge in [-0.3, -0.25) is 0 Å². The van der Waals surface area contributed by atoms with E-state index in [9.17, 15) is 0 Å². The van der Waals surface area contributed by atoms with Crippen molar-refractivity contribution in [2.45, 2.75) is 0 Å². The van der Waals surface area contributed by atoms with E-state index >= 15 is 0 Å². The zero-order valence-corrected chi connectivity index (χ0v) is 30.0. The average Bonchev–Trinajstić information content (AvgIpc) is 3.78. The van der Waals surface area contributed by atoms with E-state index in [2.05, 4.69) is 205 Å². The largest absolute Gasteiger partial charge is 0.307 e. The molecule has 2 heterocycles. The van der Waals surface area contributed by atoms with Crippen LogP contribution in [0.5, 0.6) is 0 Å². The summed E-state index contributed by atoms with van der Waals surface area (Å²) in [6, 6.07) is 74.1. The van der Waals surface area contributed by atoms with Crippen molar-refractivity contribution in [3.63, 3.8) is 0 Å². The molecule has 55 heavy (non-hydrogen) atoms. The highest BCUT2D eigenvalue weighted by atomic mass is 14.9. The second-order valence-corrected chi connectivity index (χ2v) is 14.8. The topological polar surface area (TPSA) is 4.41 Å². The van der Waals surface area contributed by atoms with Gasteiger partial charge in [-0.05, 0) is 103 Å². The van der Waals surface area contributed by atoms with Crippen molar-refractivity contribution in [1.82, 2.24) is 4.40 Å². The molecule has 1 aliphatic rings. The van der Waals surface area contributed by atoms with Crippen LogP contribution in [0.25, 0.3) is 116 Å². The highest BCUT2D eigenvalue weighted by Crippen LogP contribution is 2.52. The number of fused-ring (bicyclic) bond motifs is 15. The van der Waals surface area contributed by atoms with Crippen LogP contribution in [-0.4, -0.2) is 4.40 Å². The van der Waals surface area contributed by atoms with Gasteiger partial charge in [0, 0.05) is 27.1 Å². The van der Waals surface area contributed by atoms with Gasteiger partial charge in [0.1, 0.15) is 0 Å². The van der Waals surface area contributed by atoms with Gasteiger partial charge in [-0.25, -0.2) is 0 Å². The predicted molar refractivity (Wildman–Crippen MR) is 233 cm³/mol. The zero-order chi connectivity index (χ0) is 36.0. The Morgan fingerprint density at radius 1 is 0.236 bits per heavy atom. The van der Waals surface area contributed by atoms with Gasteiger partial charge in [-0.15, -0.1) is 0 Å². The first-order valence-corrected chi connectivity index (χ1v) is 19.1. The minimum absolute atomic E-state index is 1.21. The van der Waals surface area contributed by atoms with E-state index < -0.39 is 0 Å². The smallest absolute Gasteiger partial charge is 0.0626 e. The minimum atomic E-state index is 1.21. The van der Waals surface area contributed by atoms with Gasteiger partial charge in [0.2, 0.25) is 0 Å². The third-order valence-corrected chi connectivity index (χ3v) is 11.9. The zero-order valence-electron chi connectivity index (χ0n) is 30.0. The Bertz CT molecular complexity index is 3230. The van der Waals surface area contributed by atoms with Crippen LogP contribution < -0.4 is 0 Å². The molecule has 0 atom stereocenters. The summed E-state index contributed by atoms with van der Waals surface area (Å²) < 4.78 is 2.57. The molecule has 12 rings (SSSR count). The van der Waals surface area contributed by atoms with E-state index in [1.54, 1.807) is 0 Å². The van der Waals surface area contributed by atoms with Crippen LogP contribution in [0.2, 0.25) is 0 Å². The number of aromatic nitrogens is 1. The lowest BCUT2D eigenvalue weighted by Gasteiger charge is -2.23. The molecule has 0 saturated heterocycles. The van der Waals surface area contributed by atoms with Crippen molar-refractivity contribution < 1.29 is 0 Å². The molecule has 0 amide bonds. The fourth-order valence-electron chi connectivity index (χ4n) is 9.47. The molecule has 0 aliphatic heterocycles. The highest BCUT2D eigenvalue weighted by Gasteiger charge is 2.27. The quantitative estimate of drug-likeness (QED) is 0.173. The first-order chi connectivity index (χ1) is 27.3. The van der Waals surface area contributed by atoms with Crippen molar-refractivity contribution in [2.75, 3.05) is 0 Å². The lowest BCUT2D eigenvalue weighted by atomic mass is 9.80. The van der Waals surface area contributed by atoms with Crippen molar-refractivity contribution in [3.8, 4) is 77.9 Å². The lowest BCUT2D eigenvalue weighted by molar-refractivity contribution is 1.37. The summed E-state index contributed by atoms with van der Waals surface area (Å²) in [6.07, 6.45) is 0. The third-order valence-electron chi connectivity index (χ3n) is 11.9. The Morgan fingerprint density at radius 2 is 0.691 bits per heavy atom. The predicted octanol–water partition coefficient (Wildman–Crippen LogP) is 14.8. The molecule has 9 aromatic carbocycles. The molecule has 0 spiro atoms. The molecule has 1 nitrogen and oxygen atoms in total. The summed E-state index contributed by atoms with van der Waals surface area (Å²) >= 11 is 0. The van der Waals surface area contributed by atoms with Crippen LogP contribution >= 0.6 is 0 Å². The number of para-hydroxylation sites is 1. The van der Waals surface area contributed by atoms with Crippen LogP contribution in [0.3, 0.4) is 0 Å². The summed E-state index contributed by atoms with van der Waals surface area (Å²) in [5, 5.41) is 5.13. The molecule has 254 valence electrons. The van der Waals surface area contributed by atoms with Gasteiger partial charge in [-0.1, -0.05) is 170 Å². The molecule has 2 aromatic heterocycles. The molecule has 0 N–H and O–H groups in total. The highest BCUT2D eigenvalue weighted by molar-refractivity contribution is 6.27. The van der Waals surface area contributed by atoms with Gasteiger partial charge in [0.15, 0.2) is 0 Å². The number of nitrogens with zero attached hydrogens (tertiary/aromatic N) is 1. The maximum atomic E-state index is 2.57. The molecule has 0 fully saturated rings. The first kappa shape index (κ1) is 30.3. The Labute approximate surface area is 319 Å². The van der Waals surface area contributed by atoms with E-state index in [-0.39, 0.29) is 0 Å². The second kappa shape index (κ2) is 11.6. The lowest BCUT2D eigenvalue weighted by Crippen LogP contribution is -1.98. The molecular formula is C54H33N. The van der Waals surface area contributed by atoms with Crippen molar-refractivity contribution in [3.05, 3.63) is 200 Å². The molecule has 0 bridgehead atoms. The van der Waals surface area contributed by atoms with Crippen molar-refractivity contribution in [1.29, 1.82) is 0 Å². The maximum absolute atomic E-state index is 2.57. The molecule has 1 heteroatoms. The van der Waals surface area contributed by atoms with Gasteiger partial charge < -0.3 is 4.40 Å². The first-order valence-electron chi connectivity index (χ1n) is 19.1. The van der Waals surface area contributed by atoms with Crippen molar-refractivity contribution >= 4 is 38.1 Å². The second-order valence-electron chi connectivity index (χ2n) is 14.8. The summed E-state index contributed by atoms with van der Waals surface area (Å²) in [5.74, 6) is 0. The molecular weight excluding hydrogens is 663 g/mol. The number of hydrogen-bond donors (Lipinski definition) is 0. The van der Waals surface area contributed by atoms with Gasteiger partial charge >= 0.3 is 0 Å². The Balaban J connectivity index is 1.16. The van der Waals surface area contributed by atoms with Crippen molar-refractivity contribution in [2.24, 2.45) is 0 Å². The fraction of sp³-hybridized carbons (Fsp3) is 0. The fourth-order valence-corrected chi connectivity index (χ4v) is 9.47. The Kier molecular flexibility index (Phi) is 6.40. The monoisotopic (exact) mass is 695 g/mol. The molecule has 1 aliphatic carbocycles. The SMILES string of the molecule is c1ccc(-c2cc(-c3ccccc3)cc(-c3ccc4c(c3)c3cccc5c6ccc7c(c6n4c35)-c3ccccc3-c3ccccc3-c3ccccc3-7)c2)cc1. The third kappa shape index (κ3) is 4.41. The van der Waals surface area contributed by atoms with E-state index in [1.807, 2.05) is 0 Å². The standard InChI is InChI=1S/C54H33N/c1-3-14-34(15-4-1)37-30-38(35-16-5-2-6-17-35)32-39(31-37)36-26-29-51-50(33-36)48-25-13-24-47-49-28-27-46-44-22-10-9-20-42(44)40-18-7-8-19-41(40)43-21-11-12-23-45(43)52(46)54(49)55(51)53(47)48/h1-33H. The summed E-state index contributed by atoms with van der Waals surface area (Å²) in [5.41, 5.74) is 21.2. The summed E-state index contributed by atoms with van der Waals surface area (Å²) in [7, 11) is 0. The van der Waals surface area contributed by atoms with Crippen LogP contribution in [0.15, 0.2) is 200 Å². The normalized spacial score (nSPS) is 12.0. The Morgan fingerprint density at radius 3 is 1.27 bits per heavy atom. The number of benzene rings is 9. The molecule has 11 aromatic rings. The summed E-state index contributed by atoms with van der Waals surface area (Å²) in [6.45, 7) is 0. The van der Waals surface area contributed by atoms with E-state index in [0.29, 0.717) is 0 Å². The van der Waals surface area contributed by atoms with E-state index in [1.165, 1.54) is 116 Å². The van der Waals surface area contributed by atoms with E-state index in [4.69, 9.17) is 0 Å². The maximum Gasteiger partial charge on any atom is 0.0626 e. The van der Waals surface area contributed by atoms with Crippen LogP contribution in [-0.2, 0) is 0 Å². The molecule has 0 saturated carbocycles. The van der Waals surface area contributed by atoms with Gasteiger partial charge in [-0.2, -0.15) is 0 Å². The van der Waals surface area contributed by atoms with Gasteiger partial charge in [0.05, 0.1) is 16.6 Å². The molecule has 0 radical (unpaired) electrons. The Hall–Kier alpha value is -7.22. The van der Waals surface area contributed by atoms with E-state index in [0.717, 1.165) is 0 Å². The van der Waals surface area contributed by atoms with Crippen LogP contribution in [0.4, 0.5) is 0 Å². The molecule has 0 unspecified atom stereocenters. The van der Waals surface area contributed by atoms with Gasteiger partial charge in [0.25, 0.3) is 0 Å².